The van der Waals surface area contributed by atoms with Gasteiger partial charge in [-0.15, -0.1) is 11.3 Å². The van der Waals surface area contributed by atoms with E-state index in [1.165, 1.54) is 17.5 Å². The Hall–Kier alpha value is -2.54. The summed E-state index contributed by atoms with van der Waals surface area (Å²) in [5.41, 5.74) is 1.17. The molecule has 0 atom stereocenters. The van der Waals surface area contributed by atoms with Crippen LogP contribution in [0.15, 0.2) is 40.5 Å². The zero-order valence-electron chi connectivity index (χ0n) is 11.5. The minimum absolute atomic E-state index is 0.213. The maximum absolute atomic E-state index is 12.2. The lowest BCUT2D eigenvalue weighted by atomic mass is 10.2. The Morgan fingerprint density at radius 2 is 2.27 bits per heavy atom. The first-order chi connectivity index (χ1) is 10.8. The summed E-state index contributed by atoms with van der Waals surface area (Å²) in [7, 11) is 0. The van der Waals surface area contributed by atoms with Crippen LogP contribution in [0.25, 0.3) is 10.8 Å². The van der Waals surface area contributed by atoms with Gasteiger partial charge in [0.15, 0.2) is 5.82 Å². The normalized spacial score (nSPS) is 14.0. The predicted octanol–water partition coefficient (Wildman–Crippen LogP) is 3.32. The van der Waals surface area contributed by atoms with Crippen LogP contribution in [0.3, 0.4) is 0 Å². The number of amides is 1. The summed E-state index contributed by atoms with van der Waals surface area (Å²) in [6.07, 6.45) is 5.39. The van der Waals surface area contributed by atoms with Crippen LogP contribution in [0, 0.1) is 0 Å². The number of rotatable bonds is 4. The molecule has 1 amide bonds. The van der Waals surface area contributed by atoms with Gasteiger partial charge in [-0.1, -0.05) is 5.16 Å². The largest absolute Gasteiger partial charge is 0.333 e. The minimum atomic E-state index is -0.213. The molecule has 0 unspecified atom stereocenters. The van der Waals surface area contributed by atoms with E-state index in [0.29, 0.717) is 23.1 Å². The molecule has 0 aromatic carbocycles. The molecule has 4 rings (SSSR count). The fourth-order valence-electron chi connectivity index (χ4n) is 2.10. The third kappa shape index (κ3) is 2.50. The van der Waals surface area contributed by atoms with E-state index in [1.54, 1.807) is 18.3 Å². The van der Waals surface area contributed by atoms with Gasteiger partial charge in [0.1, 0.15) is 4.88 Å². The quantitative estimate of drug-likeness (QED) is 0.799. The lowest BCUT2D eigenvalue weighted by Gasteiger charge is -2.03. The Morgan fingerprint density at radius 1 is 1.36 bits per heavy atom. The highest BCUT2D eigenvalue weighted by Gasteiger charge is 2.29. The van der Waals surface area contributed by atoms with Crippen molar-refractivity contribution >= 4 is 22.9 Å². The van der Waals surface area contributed by atoms with Gasteiger partial charge in [-0.05, 0) is 36.4 Å². The van der Waals surface area contributed by atoms with Crippen molar-refractivity contribution in [3.8, 4) is 10.8 Å². The molecule has 1 saturated carbocycles. The number of anilines is 1. The van der Waals surface area contributed by atoms with Gasteiger partial charge in [-0.2, -0.15) is 4.98 Å². The Bertz CT molecular complexity index is 808. The lowest BCUT2D eigenvalue weighted by molar-refractivity contribution is 0.102. The first kappa shape index (κ1) is 13.1. The van der Waals surface area contributed by atoms with Crippen molar-refractivity contribution in [2.75, 3.05) is 5.32 Å². The van der Waals surface area contributed by atoms with E-state index in [-0.39, 0.29) is 5.91 Å². The molecule has 0 spiro atoms. The third-order valence-corrected chi connectivity index (χ3v) is 4.32. The van der Waals surface area contributed by atoms with Crippen molar-refractivity contribution in [2.45, 2.75) is 18.8 Å². The van der Waals surface area contributed by atoms with Crippen LogP contribution in [-0.4, -0.2) is 21.0 Å². The Balaban J connectivity index is 1.58. The summed E-state index contributed by atoms with van der Waals surface area (Å²) in [4.78, 5) is 21.4. The molecule has 1 fully saturated rings. The van der Waals surface area contributed by atoms with Crippen molar-refractivity contribution in [3.63, 3.8) is 0 Å². The SMILES string of the molecule is O=C(Nc1ccsc1-c1nc(C2CC2)no1)c1cccnc1. The molecule has 0 radical (unpaired) electrons. The van der Waals surface area contributed by atoms with E-state index >= 15 is 0 Å². The van der Waals surface area contributed by atoms with E-state index in [0.717, 1.165) is 23.5 Å². The van der Waals surface area contributed by atoms with Gasteiger partial charge in [0.25, 0.3) is 11.8 Å². The van der Waals surface area contributed by atoms with Gasteiger partial charge in [0.2, 0.25) is 0 Å². The molecular formula is C15H12N4O2S. The van der Waals surface area contributed by atoms with Gasteiger partial charge >= 0.3 is 0 Å². The number of pyridine rings is 1. The van der Waals surface area contributed by atoms with Gasteiger partial charge in [-0.25, -0.2) is 0 Å². The second-order valence-electron chi connectivity index (χ2n) is 5.09. The molecule has 110 valence electrons. The maximum Gasteiger partial charge on any atom is 0.270 e. The van der Waals surface area contributed by atoms with E-state index < -0.39 is 0 Å². The smallest absolute Gasteiger partial charge is 0.270 e. The van der Waals surface area contributed by atoms with Crippen LogP contribution in [0.5, 0.6) is 0 Å². The van der Waals surface area contributed by atoms with Crippen molar-refractivity contribution in [2.24, 2.45) is 0 Å². The first-order valence-corrected chi connectivity index (χ1v) is 7.82. The van der Waals surface area contributed by atoms with Gasteiger partial charge < -0.3 is 9.84 Å². The molecule has 0 saturated heterocycles. The number of hydrogen-bond acceptors (Lipinski definition) is 6. The van der Waals surface area contributed by atoms with Crippen LogP contribution in [0.2, 0.25) is 0 Å². The summed E-state index contributed by atoms with van der Waals surface area (Å²) >= 11 is 1.46. The number of nitrogens with zero attached hydrogens (tertiary/aromatic N) is 3. The molecule has 6 nitrogen and oxygen atoms in total. The van der Waals surface area contributed by atoms with Crippen molar-refractivity contribution in [1.82, 2.24) is 15.1 Å². The maximum atomic E-state index is 12.2. The molecule has 0 aliphatic heterocycles. The van der Waals surface area contributed by atoms with Gasteiger partial charge in [-0.3, -0.25) is 9.78 Å². The number of nitrogens with one attached hydrogen (secondary N) is 1. The number of carbonyl (C=O) groups excluding carboxylic acids is 1. The standard InChI is InChI=1S/C15H12N4O2S/c20-14(10-2-1-6-16-8-10)17-11-5-7-22-12(11)15-18-13(19-21-15)9-3-4-9/h1-2,5-9H,3-4H2,(H,17,20). The fraction of sp³-hybridized carbons (Fsp3) is 0.200. The molecule has 3 aromatic heterocycles. The van der Waals surface area contributed by atoms with Crippen LogP contribution < -0.4 is 5.32 Å². The Kier molecular flexibility index (Phi) is 3.19. The highest BCUT2D eigenvalue weighted by atomic mass is 32.1. The summed E-state index contributed by atoms with van der Waals surface area (Å²) < 4.78 is 5.32. The predicted molar refractivity (Wildman–Crippen MR) is 81.8 cm³/mol. The number of carbonyl (C=O) groups is 1. The van der Waals surface area contributed by atoms with Crippen molar-refractivity contribution in [3.05, 3.63) is 47.4 Å². The van der Waals surface area contributed by atoms with Crippen LogP contribution in [0.4, 0.5) is 5.69 Å². The lowest BCUT2D eigenvalue weighted by Crippen LogP contribution is -2.11. The number of aromatic nitrogens is 3. The minimum Gasteiger partial charge on any atom is -0.333 e. The average molecular weight is 312 g/mol. The van der Waals surface area contributed by atoms with E-state index in [9.17, 15) is 4.79 Å². The third-order valence-electron chi connectivity index (χ3n) is 3.42. The summed E-state index contributed by atoms with van der Waals surface area (Å²) in [5.74, 6) is 1.44. The van der Waals surface area contributed by atoms with Gasteiger partial charge in [0, 0.05) is 18.3 Å². The summed E-state index contributed by atoms with van der Waals surface area (Å²) in [6.45, 7) is 0. The molecule has 0 bridgehead atoms. The monoisotopic (exact) mass is 312 g/mol. The van der Waals surface area contributed by atoms with Crippen LogP contribution in [0.1, 0.15) is 34.9 Å². The zero-order valence-corrected chi connectivity index (χ0v) is 12.3. The van der Waals surface area contributed by atoms with E-state index in [2.05, 4.69) is 20.4 Å². The highest BCUT2D eigenvalue weighted by molar-refractivity contribution is 7.14. The average Bonchev–Trinajstić information content (AvgIpc) is 3.10. The number of hydrogen-bond donors (Lipinski definition) is 1. The topological polar surface area (TPSA) is 80.9 Å². The van der Waals surface area contributed by atoms with Crippen LogP contribution in [-0.2, 0) is 0 Å². The molecule has 3 aromatic rings. The molecule has 1 N–H and O–H groups in total. The van der Waals surface area contributed by atoms with Crippen molar-refractivity contribution in [1.29, 1.82) is 0 Å². The number of thiophene rings is 1. The van der Waals surface area contributed by atoms with Crippen molar-refractivity contribution < 1.29 is 9.32 Å². The molecule has 7 heteroatoms. The molecule has 1 aliphatic carbocycles. The Morgan fingerprint density at radius 3 is 3.05 bits per heavy atom. The molecule has 3 heterocycles. The molecular weight excluding hydrogens is 300 g/mol. The summed E-state index contributed by atoms with van der Waals surface area (Å²) in [5, 5.41) is 8.76. The second-order valence-corrected chi connectivity index (χ2v) is 6.01. The van der Waals surface area contributed by atoms with E-state index in [4.69, 9.17) is 4.52 Å². The van der Waals surface area contributed by atoms with E-state index in [1.807, 2.05) is 11.4 Å². The van der Waals surface area contributed by atoms with Gasteiger partial charge in [0.05, 0.1) is 11.3 Å². The molecule has 1 aliphatic rings. The summed E-state index contributed by atoms with van der Waals surface area (Å²) in [6, 6.07) is 5.27. The Labute approximate surface area is 130 Å². The second kappa shape index (κ2) is 5.34. The molecule has 22 heavy (non-hydrogen) atoms. The first-order valence-electron chi connectivity index (χ1n) is 6.94. The fourth-order valence-corrected chi connectivity index (χ4v) is 2.87. The van der Waals surface area contributed by atoms with Crippen LogP contribution >= 0.6 is 11.3 Å². The highest BCUT2D eigenvalue weighted by Crippen LogP contribution is 2.40. The zero-order chi connectivity index (χ0) is 14.9.